The van der Waals surface area contributed by atoms with E-state index in [4.69, 9.17) is 21.1 Å². The molecule has 162 valence electrons. The van der Waals surface area contributed by atoms with Gasteiger partial charge in [0.15, 0.2) is 5.82 Å². The summed E-state index contributed by atoms with van der Waals surface area (Å²) in [5, 5.41) is 7.88. The predicted octanol–water partition coefficient (Wildman–Crippen LogP) is 5.62. The zero-order valence-corrected chi connectivity index (χ0v) is 19.5. The second-order valence-electron chi connectivity index (χ2n) is 6.67. The van der Waals surface area contributed by atoms with Gasteiger partial charge in [-0.3, -0.25) is 4.79 Å². The van der Waals surface area contributed by atoms with Crippen LogP contribution < -0.4 is 14.8 Å². The Kier molecular flexibility index (Phi) is 6.43. The van der Waals surface area contributed by atoms with Crippen molar-refractivity contribution in [3.8, 4) is 28.6 Å². The number of nitrogens with one attached hydrogen (secondary N) is 1. The van der Waals surface area contributed by atoms with Crippen LogP contribution in [0.1, 0.15) is 10.6 Å². The molecule has 4 rings (SSSR count). The number of hydrogen-bond donors (Lipinski definition) is 1. The van der Waals surface area contributed by atoms with Gasteiger partial charge in [-0.15, -0.1) is 5.10 Å². The average Bonchev–Trinajstić information content (AvgIpc) is 3.25. The maximum Gasteiger partial charge on any atom is 0.295 e. The number of rotatable bonds is 6. The quantitative estimate of drug-likeness (QED) is 0.362. The number of aromatic nitrogens is 3. The van der Waals surface area contributed by atoms with E-state index in [2.05, 4.69) is 31.3 Å². The number of methoxy groups -OCH3 is 2. The van der Waals surface area contributed by atoms with E-state index in [9.17, 15) is 4.79 Å². The standard InChI is InChI=1S/C23H18BrClN4O3/c1-31-18-11-12-20(32-2)19(13-18)26-23(30)21-27-22(14-3-7-16(25)8-4-14)29(28-21)17-9-5-15(24)6-10-17/h3-13H,1-2H3,(H,26,30). The fourth-order valence-electron chi connectivity index (χ4n) is 3.05. The highest BCUT2D eigenvalue weighted by molar-refractivity contribution is 9.10. The molecule has 0 bridgehead atoms. The van der Waals surface area contributed by atoms with Crippen molar-refractivity contribution in [2.45, 2.75) is 0 Å². The summed E-state index contributed by atoms with van der Waals surface area (Å²) in [6.45, 7) is 0. The third kappa shape index (κ3) is 4.61. The summed E-state index contributed by atoms with van der Waals surface area (Å²) in [5.41, 5.74) is 1.97. The summed E-state index contributed by atoms with van der Waals surface area (Å²) in [6.07, 6.45) is 0. The lowest BCUT2D eigenvalue weighted by atomic mass is 10.2. The van der Waals surface area contributed by atoms with Gasteiger partial charge < -0.3 is 14.8 Å². The largest absolute Gasteiger partial charge is 0.497 e. The van der Waals surface area contributed by atoms with Gasteiger partial charge >= 0.3 is 0 Å². The Labute approximate surface area is 198 Å². The molecule has 4 aromatic rings. The van der Waals surface area contributed by atoms with Gasteiger partial charge in [0.2, 0.25) is 5.82 Å². The fourth-order valence-corrected chi connectivity index (χ4v) is 3.44. The number of ether oxygens (including phenoxy) is 2. The number of halogens is 2. The highest BCUT2D eigenvalue weighted by atomic mass is 79.9. The Bertz CT molecular complexity index is 1190. The van der Waals surface area contributed by atoms with Crippen LogP contribution in [0.2, 0.25) is 5.02 Å². The molecule has 1 aromatic heterocycles. The van der Waals surface area contributed by atoms with Gasteiger partial charge in [-0.25, -0.2) is 9.67 Å². The first kappa shape index (κ1) is 21.9. The molecule has 0 saturated carbocycles. The van der Waals surface area contributed by atoms with E-state index in [1.54, 1.807) is 42.1 Å². The Morgan fingerprint density at radius 3 is 2.38 bits per heavy atom. The van der Waals surface area contributed by atoms with E-state index < -0.39 is 5.91 Å². The van der Waals surface area contributed by atoms with E-state index in [0.717, 1.165) is 15.7 Å². The molecule has 0 aliphatic rings. The number of benzene rings is 3. The van der Waals surface area contributed by atoms with E-state index in [1.165, 1.54) is 7.11 Å². The Morgan fingerprint density at radius 1 is 1.00 bits per heavy atom. The van der Waals surface area contributed by atoms with E-state index in [0.29, 0.717) is 28.0 Å². The fraction of sp³-hybridized carbons (Fsp3) is 0.0870. The van der Waals surface area contributed by atoms with Crippen molar-refractivity contribution >= 4 is 39.1 Å². The van der Waals surface area contributed by atoms with E-state index >= 15 is 0 Å². The molecule has 1 N–H and O–H groups in total. The summed E-state index contributed by atoms with van der Waals surface area (Å²) in [5.74, 6) is 1.10. The maximum absolute atomic E-state index is 13.0. The van der Waals surface area contributed by atoms with Crippen LogP contribution in [0.4, 0.5) is 5.69 Å². The summed E-state index contributed by atoms with van der Waals surface area (Å²) in [4.78, 5) is 17.6. The molecule has 0 saturated heterocycles. The van der Waals surface area contributed by atoms with Gasteiger partial charge in [0.05, 0.1) is 25.6 Å². The molecule has 0 spiro atoms. The van der Waals surface area contributed by atoms with Crippen LogP contribution in [0, 0.1) is 0 Å². The van der Waals surface area contributed by atoms with Crippen molar-refractivity contribution < 1.29 is 14.3 Å². The summed E-state index contributed by atoms with van der Waals surface area (Å²) in [7, 11) is 3.07. The number of carbonyl (C=O) groups excluding carboxylic acids is 1. The van der Waals surface area contributed by atoms with Crippen molar-refractivity contribution in [3.63, 3.8) is 0 Å². The molecule has 0 aliphatic carbocycles. The molecule has 3 aromatic carbocycles. The number of amides is 1. The van der Waals surface area contributed by atoms with E-state index in [1.807, 2.05) is 36.4 Å². The molecule has 0 radical (unpaired) electrons. The zero-order chi connectivity index (χ0) is 22.7. The van der Waals surface area contributed by atoms with Crippen molar-refractivity contribution in [1.82, 2.24) is 14.8 Å². The first-order valence-corrected chi connectivity index (χ1v) is 10.7. The first-order chi connectivity index (χ1) is 15.5. The molecule has 0 aliphatic heterocycles. The van der Waals surface area contributed by atoms with Gasteiger partial charge in [0.25, 0.3) is 5.91 Å². The van der Waals surface area contributed by atoms with Crippen LogP contribution >= 0.6 is 27.5 Å². The van der Waals surface area contributed by atoms with Crippen LogP contribution in [-0.4, -0.2) is 34.9 Å². The molecule has 0 unspecified atom stereocenters. The first-order valence-electron chi connectivity index (χ1n) is 9.51. The van der Waals surface area contributed by atoms with Gasteiger partial charge in [0.1, 0.15) is 11.5 Å². The minimum Gasteiger partial charge on any atom is -0.497 e. The van der Waals surface area contributed by atoms with Gasteiger partial charge in [-0.1, -0.05) is 27.5 Å². The molecule has 9 heteroatoms. The third-order valence-corrected chi connectivity index (χ3v) is 5.42. The topological polar surface area (TPSA) is 78.3 Å². The average molecular weight is 514 g/mol. The van der Waals surface area contributed by atoms with Crippen LogP contribution in [0.15, 0.2) is 71.2 Å². The summed E-state index contributed by atoms with van der Waals surface area (Å²) < 4.78 is 13.1. The van der Waals surface area contributed by atoms with E-state index in [-0.39, 0.29) is 5.82 Å². The summed E-state index contributed by atoms with van der Waals surface area (Å²) in [6, 6.07) is 19.8. The van der Waals surface area contributed by atoms with Gasteiger partial charge in [-0.2, -0.15) is 0 Å². The monoisotopic (exact) mass is 512 g/mol. The molecular formula is C23H18BrClN4O3. The number of carbonyl (C=O) groups is 1. The smallest absolute Gasteiger partial charge is 0.295 e. The second kappa shape index (κ2) is 9.42. The molecule has 32 heavy (non-hydrogen) atoms. The summed E-state index contributed by atoms with van der Waals surface area (Å²) >= 11 is 9.47. The predicted molar refractivity (Wildman–Crippen MR) is 127 cm³/mol. The van der Waals surface area contributed by atoms with Crippen molar-refractivity contribution in [3.05, 3.63) is 82.0 Å². The van der Waals surface area contributed by atoms with Crippen molar-refractivity contribution in [1.29, 1.82) is 0 Å². The zero-order valence-electron chi connectivity index (χ0n) is 17.2. The number of hydrogen-bond acceptors (Lipinski definition) is 5. The van der Waals surface area contributed by atoms with Crippen LogP contribution in [-0.2, 0) is 0 Å². The van der Waals surface area contributed by atoms with Gasteiger partial charge in [-0.05, 0) is 60.7 Å². The normalized spacial score (nSPS) is 10.6. The SMILES string of the molecule is COc1ccc(OC)c(NC(=O)c2nc(-c3ccc(Cl)cc3)n(-c3ccc(Br)cc3)n2)c1. The van der Waals surface area contributed by atoms with Crippen molar-refractivity contribution in [2.24, 2.45) is 0 Å². The lowest BCUT2D eigenvalue weighted by Gasteiger charge is -2.10. The molecule has 0 fully saturated rings. The Hall–Kier alpha value is -3.36. The molecule has 1 amide bonds. The molecule has 0 atom stereocenters. The number of nitrogens with zero attached hydrogens (tertiary/aromatic N) is 3. The lowest BCUT2D eigenvalue weighted by molar-refractivity contribution is 0.101. The minimum atomic E-state index is -0.484. The minimum absolute atomic E-state index is 0.00254. The molecule has 1 heterocycles. The lowest BCUT2D eigenvalue weighted by Crippen LogP contribution is -2.15. The Morgan fingerprint density at radius 2 is 1.72 bits per heavy atom. The van der Waals surface area contributed by atoms with Crippen molar-refractivity contribution in [2.75, 3.05) is 19.5 Å². The van der Waals surface area contributed by atoms with Crippen LogP contribution in [0.5, 0.6) is 11.5 Å². The van der Waals surface area contributed by atoms with Crippen LogP contribution in [0.25, 0.3) is 17.1 Å². The van der Waals surface area contributed by atoms with Gasteiger partial charge in [0, 0.05) is 21.1 Å². The highest BCUT2D eigenvalue weighted by Crippen LogP contribution is 2.30. The Balaban J connectivity index is 1.75. The second-order valence-corrected chi connectivity index (χ2v) is 8.03. The highest BCUT2D eigenvalue weighted by Gasteiger charge is 2.20. The molecule has 7 nitrogen and oxygen atoms in total. The molecular weight excluding hydrogens is 496 g/mol. The number of anilines is 1. The third-order valence-electron chi connectivity index (χ3n) is 4.64. The van der Waals surface area contributed by atoms with Crippen LogP contribution in [0.3, 0.4) is 0 Å². The maximum atomic E-state index is 13.0.